The Morgan fingerprint density at radius 3 is 1.17 bits per heavy atom. The van der Waals surface area contributed by atoms with E-state index in [1.165, 1.54) is 77.0 Å². The molecule has 2 unspecified atom stereocenters. The summed E-state index contributed by atoms with van der Waals surface area (Å²) in [6.07, 6.45) is 15.7. The third-order valence-corrected chi connectivity index (χ3v) is 5.33. The quantitative estimate of drug-likeness (QED) is 0.0745. The number of unbranched alkanes of at least 4 members (excludes halogenated alkanes) is 14. The smallest absolute Gasteiger partial charge is 0.394 e. The number of Topliss-reactive ketones (excluding diaryl/α,β-unsaturated/α-hetero) is 1. The summed E-state index contributed by atoms with van der Waals surface area (Å²) in [7, 11) is -4.64. The zero-order valence-electron chi connectivity index (χ0n) is 22.0. The Morgan fingerprint density at radius 1 is 0.611 bits per heavy atom. The number of ketones is 1. The molecule has 0 saturated carbocycles. The van der Waals surface area contributed by atoms with E-state index in [-0.39, 0.29) is 25.4 Å². The van der Waals surface area contributed by atoms with E-state index < -0.39 is 32.7 Å². The van der Waals surface area contributed by atoms with Gasteiger partial charge in [-0.1, -0.05) is 96.8 Å². The second-order valence-electron chi connectivity index (χ2n) is 8.89. The van der Waals surface area contributed by atoms with E-state index in [4.69, 9.17) is 39.7 Å². The number of hydrogen-bond acceptors (Lipinski definition) is 8. The first-order chi connectivity index (χ1) is 16.9. The Labute approximate surface area is 216 Å². The van der Waals surface area contributed by atoms with Crippen LogP contribution in [0, 0.1) is 0 Å². The van der Waals surface area contributed by atoms with Gasteiger partial charge in [-0.2, -0.15) is 0 Å². The lowest BCUT2D eigenvalue weighted by molar-refractivity contribution is -0.134. The van der Waals surface area contributed by atoms with Gasteiger partial charge in [0.2, 0.25) is 0 Å². The predicted molar refractivity (Wildman–Crippen MR) is 138 cm³/mol. The van der Waals surface area contributed by atoms with Gasteiger partial charge in [-0.25, -0.2) is 4.57 Å². The molecule has 36 heavy (non-hydrogen) atoms. The molecular weight excluding hydrogens is 495 g/mol. The molecule has 11 nitrogen and oxygen atoms in total. The summed E-state index contributed by atoms with van der Waals surface area (Å²) < 4.78 is 8.88. The van der Waals surface area contributed by atoms with Crippen molar-refractivity contribution in [2.45, 2.75) is 128 Å². The Hall–Kier alpha value is -0.460. The van der Waals surface area contributed by atoms with Crippen LogP contribution >= 0.6 is 7.82 Å². The standard InChI is InChI=1S/C21H42O4.C3H8O3.H3O4P/c1-2-3-4-5-6-7-8-9-10-11-12-13-14-15-16-17-19(23)21(25)20(24)18-22;4-1-3(6)2-5;1-5(2,3)4/h20-22,24-25H,2-18H2,1H3;3-6H,1-2H2;(H3,1,2,3,4). The van der Waals surface area contributed by atoms with E-state index >= 15 is 0 Å². The van der Waals surface area contributed by atoms with E-state index in [0.717, 1.165) is 19.3 Å². The maximum atomic E-state index is 11.6. The Bertz CT molecular complexity index is 490. The second-order valence-corrected chi connectivity index (χ2v) is 9.92. The maximum absolute atomic E-state index is 11.6. The van der Waals surface area contributed by atoms with Crippen LogP contribution in [0.25, 0.3) is 0 Å². The van der Waals surface area contributed by atoms with Gasteiger partial charge in [-0.15, -0.1) is 0 Å². The Balaban J connectivity index is -0.000000818. The molecule has 0 aromatic carbocycles. The molecule has 0 heterocycles. The largest absolute Gasteiger partial charge is 0.466 e. The van der Waals surface area contributed by atoms with Gasteiger partial charge in [-0.3, -0.25) is 4.79 Å². The highest BCUT2D eigenvalue weighted by Crippen LogP contribution is 2.25. The normalized spacial score (nSPS) is 12.9. The van der Waals surface area contributed by atoms with Crippen LogP contribution in [0.3, 0.4) is 0 Å². The van der Waals surface area contributed by atoms with Crippen molar-refractivity contribution in [2.24, 2.45) is 0 Å². The van der Waals surface area contributed by atoms with Gasteiger partial charge in [0.25, 0.3) is 0 Å². The highest BCUT2D eigenvalue weighted by Gasteiger charge is 2.22. The summed E-state index contributed by atoms with van der Waals surface area (Å²) in [6.45, 7) is 0.952. The molecule has 0 bridgehead atoms. The molecule has 220 valence electrons. The highest BCUT2D eigenvalue weighted by molar-refractivity contribution is 7.45. The molecule has 0 amide bonds. The summed E-state index contributed by atoms with van der Waals surface area (Å²) in [5.41, 5.74) is 0. The fourth-order valence-corrected chi connectivity index (χ4v) is 3.19. The number of aliphatic hydroxyl groups excluding tert-OH is 6. The number of carbonyl (C=O) groups is 1. The molecule has 9 N–H and O–H groups in total. The highest BCUT2D eigenvalue weighted by atomic mass is 31.2. The minimum Gasteiger partial charge on any atom is -0.394 e. The first kappa shape index (κ1) is 40.0. The van der Waals surface area contributed by atoms with Gasteiger partial charge in [0, 0.05) is 6.42 Å². The monoisotopic (exact) mass is 548 g/mol. The molecule has 0 rings (SSSR count). The predicted octanol–water partition coefficient (Wildman–Crippen LogP) is 1.93. The SMILES string of the molecule is CCCCCCCCCCCCCCCCCC(=O)C(O)C(O)CO.O=P(O)(O)O.OCC(O)CO. The fraction of sp³-hybridized carbons (Fsp3) is 0.958. The molecule has 0 radical (unpaired) electrons. The molecule has 0 saturated heterocycles. The van der Waals surface area contributed by atoms with E-state index in [0.29, 0.717) is 0 Å². The number of phosphoric acid groups is 1. The molecular formula is C24H53O11P. The minimum atomic E-state index is -4.64. The molecule has 0 aliphatic carbocycles. The van der Waals surface area contributed by atoms with Crippen molar-refractivity contribution in [1.29, 1.82) is 0 Å². The second kappa shape index (κ2) is 29.1. The summed E-state index contributed by atoms with van der Waals surface area (Å²) in [5, 5.41) is 51.4. The van der Waals surface area contributed by atoms with Crippen molar-refractivity contribution in [2.75, 3.05) is 19.8 Å². The van der Waals surface area contributed by atoms with E-state index in [2.05, 4.69) is 6.92 Å². The van der Waals surface area contributed by atoms with Gasteiger partial charge in [0.1, 0.15) is 18.3 Å². The molecule has 0 aliphatic rings. The van der Waals surface area contributed by atoms with Crippen LogP contribution in [-0.4, -0.2) is 89.2 Å². The number of hydrogen-bond donors (Lipinski definition) is 9. The lowest BCUT2D eigenvalue weighted by Gasteiger charge is -2.13. The summed E-state index contributed by atoms with van der Waals surface area (Å²) in [4.78, 5) is 33.1. The molecule has 12 heteroatoms. The summed E-state index contributed by atoms with van der Waals surface area (Å²) >= 11 is 0. The van der Waals surface area contributed by atoms with Crippen molar-refractivity contribution in [3.8, 4) is 0 Å². The number of rotatable bonds is 21. The van der Waals surface area contributed by atoms with Crippen LogP contribution in [0.15, 0.2) is 0 Å². The van der Waals surface area contributed by atoms with E-state index in [9.17, 15) is 15.0 Å². The van der Waals surface area contributed by atoms with Gasteiger partial charge >= 0.3 is 7.82 Å². The van der Waals surface area contributed by atoms with Crippen molar-refractivity contribution in [3.63, 3.8) is 0 Å². The molecule has 0 aromatic rings. The third-order valence-electron chi connectivity index (χ3n) is 5.33. The zero-order chi connectivity index (χ0) is 28.2. The Morgan fingerprint density at radius 2 is 0.917 bits per heavy atom. The van der Waals surface area contributed by atoms with E-state index in [1.54, 1.807) is 0 Å². The lowest BCUT2D eigenvalue weighted by atomic mass is 10.0. The van der Waals surface area contributed by atoms with Crippen molar-refractivity contribution in [1.82, 2.24) is 0 Å². The van der Waals surface area contributed by atoms with E-state index in [1.807, 2.05) is 0 Å². The van der Waals surface area contributed by atoms with Crippen LogP contribution in [0.5, 0.6) is 0 Å². The number of carbonyl (C=O) groups excluding carboxylic acids is 1. The van der Waals surface area contributed by atoms with Crippen LogP contribution in [0.1, 0.15) is 110 Å². The average Bonchev–Trinajstić information content (AvgIpc) is 2.84. The lowest BCUT2D eigenvalue weighted by Crippen LogP contribution is -2.36. The van der Waals surface area contributed by atoms with Crippen LogP contribution in [0.2, 0.25) is 0 Å². The maximum Gasteiger partial charge on any atom is 0.466 e. The topological polar surface area (TPSA) is 216 Å². The molecule has 0 aliphatic heterocycles. The molecule has 0 aromatic heterocycles. The van der Waals surface area contributed by atoms with Crippen molar-refractivity contribution < 1.29 is 54.7 Å². The Kier molecular flexibility index (Phi) is 32.4. The van der Waals surface area contributed by atoms with Gasteiger partial charge in [-0.05, 0) is 6.42 Å². The van der Waals surface area contributed by atoms with Gasteiger partial charge in [0.15, 0.2) is 5.78 Å². The van der Waals surface area contributed by atoms with Crippen molar-refractivity contribution >= 4 is 13.6 Å². The first-order valence-corrected chi connectivity index (χ1v) is 14.7. The number of aliphatic hydroxyl groups is 6. The first-order valence-electron chi connectivity index (χ1n) is 13.1. The molecule has 0 spiro atoms. The summed E-state index contributed by atoms with van der Waals surface area (Å²) in [5.74, 6) is -0.365. The van der Waals surface area contributed by atoms with Crippen LogP contribution in [-0.2, 0) is 9.36 Å². The molecule has 0 fully saturated rings. The molecule has 2 atom stereocenters. The fourth-order valence-electron chi connectivity index (χ4n) is 3.19. The van der Waals surface area contributed by atoms with Crippen LogP contribution in [0.4, 0.5) is 0 Å². The van der Waals surface area contributed by atoms with Gasteiger partial charge < -0.3 is 45.3 Å². The minimum absolute atomic E-state index is 0.288. The summed E-state index contributed by atoms with van der Waals surface area (Å²) in [6, 6.07) is 0. The zero-order valence-corrected chi connectivity index (χ0v) is 22.9. The van der Waals surface area contributed by atoms with Crippen LogP contribution < -0.4 is 0 Å². The van der Waals surface area contributed by atoms with Crippen molar-refractivity contribution in [3.05, 3.63) is 0 Å². The average molecular weight is 549 g/mol. The van der Waals surface area contributed by atoms with Gasteiger partial charge in [0.05, 0.1) is 19.8 Å². The third kappa shape index (κ3) is 38.1.